The number of carbonyl (C=O) groups excluding carboxylic acids is 1. The third-order valence-corrected chi connectivity index (χ3v) is 4.47. The second-order valence-electron chi connectivity index (χ2n) is 6.68. The summed E-state index contributed by atoms with van der Waals surface area (Å²) in [4.78, 5) is 17.2. The van der Waals surface area contributed by atoms with Crippen LogP contribution < -0.4 is 10.6 Å². The summed E-state index contributed by atoms with van der Waals surface area (Å²) in [7, 11) is 0. The van der Waals surface area contributed by atoms with E-state index in [2.05, 4.69) is 27.7 Å². The maximum absolute atomic E-state index is 12.9. The molecule has 1 fully saturated rings. The van der Waals surface area contributed by atoms with Gasteiger partial charge in [-0.3, -0.25) is 4.79 Å². The molecule has 3 heterocycles. The third kappa shape index (κ3) is 3.54. The van der Waals surface area contributed by atoms with Crippen LogP contribution in [0.3, 0.4) is 0 Å². The molecule has 1 aliphatic rings. The van der Waals surface area contributed by atoms with Crippen molar-refractivity contribution in [2.24, 2.45) is 0 Å². The van der Waals surface area contributed by atoms with Gasteiger partial charge in [0.1, 0.15) is 0 Å². The monoisotopic (exact) mass is 352 g/mol. The van der Waals surface area contributed by atoms with Crippen molar-refractivity contribution in [1.82, 2.24) is 20.8 Å². The fourth-order valence-electron chi connectivity index (χ4n) is 3.16. The molecule has 2 unspecified atom stereocenters. The maximum Gasteiger partial charge on any atom is 0.259 e. The molecule has 6 nitrogen and oxygen atoms in total. The summed E-state index contributed by atoms with van der Waals surface area (Å²) in [5.41, 5.74) is 2.58. The number of hydrogen-bond donors (Lipinski definition) is 2. The van der Waals surface area contributed by atoms with Crippen LogP contribution in [0.4, 0.5) is 0 Å². The normalized spacial score (nSPS) is 20.9. The summed E-state index contributed by atoms with van der Waals surface area (Å²) in [6.45, 7) is 9.04. The Morgan fingerprint density at radius 1 is 1.46 bits per heavy atom. The number of amides is 1. The standard InChI is InChI=1S/C17H24N4O2.ClH/c1-9(2)15-14-12(8-10(3)19-17(14)23-21-15)16(22)20-13-6-5-7-18-11(13)4;/h8-9,11,13,18H,5-7H2,1-4H3,(H,20,22);1H. The predicted octanol–water partition coefficient (Wildman–Crippen LogP) is 2.95. The van der Waals surface area contributed by atoms with Crippen LogP contribution in [0.25, 0.3) is 11.1 Å². The highest BCUT2D eigenvalue weighted by Crippen LogP contribution is 2.27. The Morgan fingerprint density at radius 3 is 2.88 bits per heavy atom. The molecule has 2 aromatic heterocycles. The maximum atomic E-state index is 12.9. The number of halogens is 1. The van der Waals surface area contributed by atoms with Crippen molar-refractivity contribution in [3.05, 3.63) is 23.0 Å². The summed E-state index contributed by atoms with van der Waals surface area (Å²) in [6.07, 6.45) is 2.07. The second-order valence-corrected chi connectivity index (χ2v) is 6.68. The third-order valence-electron chi connectivity index (χ3n) is 4.47. The van der Waals surface area contributed by atoms with Gasteiger partial charge in [-0.25, -0.2) is 4.98 Å². The summed E-state index contributed by atoms with van der Waals surface area (Å²) in [5, 5.41) is 11.4. The van der Waals surface area contributed by atoms with Crippen LogP contribution in [0.1, 0.15) is 61.3 Å². The minimum Gasteiger partial charge on any atom is -0.348 e. The minimum absolute atomic E-state index is 0. The molecule has 7 heteroatoms. The van der Waals surface area contributed by atoms with Gasteiger partial charge in [-0.2, -0.15) is 0 Å². The first-order chi connectivity index (χ1) is 11.0. The van der Waals surface area contributed by atoms with Gasteiger partial charge >= 0.3 is 0 Å². The van der Waals surface area contributed by atoms with Gasteiger partial charge in [-0.15, -0.1) is 12.4 Å². The van der Waals surface area contributed by atoms with Crippen LogP contribution >= 0.6 is 12.4 Å². The smallest absolute Gasteiger partial charge is 0.259 e. The highest BCUT2D eigenvalue weighted by Gasteiger charge is 2.26. The van der Waals surface area contributed by atoms with Crippen molar-refractivity contribution in [2.75, 3.05) is 6.54 Å². The van der Waals surface area contributed by atoms with Crippen LogP contribution in [-0.4, -0.2) is 34.7 Å². The van der Waals surface area contributed by atoms with E-state index >= 15 is 0 Å². The Bertz CT molecular complexity index is 729. The SMILES string of the molecule is Cc1cc(C(=O)NC2CCCNC2C)c2c(C(C)C)noc2n1.Cl. The molecule has 1 aliphatic heterocycles. The van der Waals surface area contributed by atoms with Gasteiger partial charge in [0.15, 0.2) is 0 Å². The van der Waals surface area contributed by atoms with E-state index in [0.717, 1.165) is 36.2 Å². The molecular weight excluding hydrogens is 328 g/mol. The first-order valence-electron chi connectivity index (χ1n) is 8.28. The zero-order chi connectivity index (χ0) is 16.6. The van der Waals surface area contributed by atoms with E-state index in [1.165, 1.54) is 0 Å². The topological polar surface area (TPSA) is 80.0 Å². The number of nitrogens with one attached hydrogen (secondary N) is 2. The van der Waals surface area contributed by atoms with Gasteiger partial charge in [0.2, 0.25) is 0 Å². The van der Waals surface area contributed by atoms with Crippen molar-refractivity contribution in [3.63, 3.8) is 0 Å². The molecule has 0 saturated carbocycles. The lowest BCUT2D eigenvalue weighted by Crippen LogP contribution is -2.51. The number of rotatable bonds is 3. The molecule has 1 saturated heterocycles. The summed E-state index contributed by atoms with van der Waals surface area (Å²) < 4.78 is 5.34. The fourth-order valence-corrected chi connectivity index (χ4v) is 3.16. The Morgan fingerprint density at radius 2 is 2.21 bits per heavy atom. The van der Waals surface area contributed by atoms with E-state index < -0.39 is 0 Å². The Labute approximate surface area is 148 Å². The summed E-state index contributed by atoms with van der Waals surface area (Å²) in [5.74, 6) is 0.0914. The molecule has 132 valence electrons. The molecule has 0 aromatic carbocycles. The molecule has 2 atom stereocenters. The summed E-state index contributed by atoms with van der Waals surface area (Å²) >= 11 is 0. The quantitative estimate of drug-likeness (QED) is 0.887. The molecule has 0 radical (unpaired) electrons. The molecule has 2 aromatic rings. The second kappa shape index (κ2) is 7.49. The van der Waals surface area contributed by atoms with Crippen molar-refractivity contribution in [3.8, 4) is 0 Å². The lowest BCUT2D eigenvalue weighted by Gasteiger charge is -2.30. The number of fused-ring (bicyclic) bond motifs is 1. The van der Waals surface area contributed by atoms with E-state index in [9.17, 15) is 4.79 Å². The van der Waals surface area contributed by atoms with Crippen molar-refractivity contribution in [2.45, 2.75) is 58.5 Å². The lowest BCUT2D eigenvalue weighted by atomic mass is 9.98. The highest BCUT2D eigenvalue weighted by atomic mass is 35.5. The van der Waals surface area contributed by atoms with Crippen LogP contribution in [0.2, 0.25) is 0 Å². The van der Waals surface area contributed by atoms with Gasteiger partial charge in [0.25, 0.3) is 11.6 Å². The fraction of sp³-hybridized carbons (Fsp3) is 0.588. The van der Waals surface area contributed by atoms with Gasteiger partial charge < -0.3 is 15.2 Å². The first-order valence-corrected chi connectivity index (χ1v) is 8.28. The van der Waals surface area contributed by atoms with Gasteiger partial charge in [-0.05, 0) is 45.2 Å². The van der Waals surface area contributed by atoms with Crippen molar-refractivity contribution in [1.29, 1.82) is 0 Å². The Balaban J connectivity index is 0.00000208. The number of nitrogens with zero attached hydrogens (tertiary/aromatic N) is 2. The van der Waals surface area contributed by atoms with Gasteiger partial charge in [0.05, 0.1) is 16.6 Å². The highest BCUT2D eigenvalue weighted by molar-refractivity contribution is 6.06. The van der Waals surface area contributed by atoms with E-state index in [4.69, 9.17) is 4.52 Å². The van der Waals surface area contributed by atoms with Crippen LogP contribution in [-0.2, 0) is 0 Å². The molecule has 0 bridgehead atoms. The molecule has 2 N–H and O–H groups in total. The van der Waals surface area contributed by atoms with Gasteiger partial charge in [-0.1, -0.05) is 19.0 Å². The minimum atomic E-state index is -0.0776. The number of aromatic nitrogens is 2. The number of pyridine rings is 1. The number of carbonyl (C=O) groups is 1. The lowest BCUT2D eigenvalue weighted by molar-refractivity contribution is 0.0921. The zero-order valence-corrected chi connectivity index (χ0v) is 15.4. The zero-order valence-electron chi connectivity index (χ0n) is 14.5. The largest absolute Gasteiger partial charge is 0.348 e. The molecule has 0 aliphatic carbocycles. The molecule has 0 spiro atoms. The Kier molecular flexibility index (Phi) is 5.83. The number of piperidine rings is 1. The molecule has 3 rings (SSSR count). The van der Waals surface area contributed by atoms with Crippen LogP contribution in [0.15, 0.2) is 10.6 Å². The average molecular weight is 353 g/mol. The van der Waals surface area contributed by atoms with Crippen LogP contribution in [0.5, 0.6) is 0 Å². The van der Waals surface area contributed by atoms with E-state index in [1.807, 2.05) is 26.8 Å². The van der Waals surface area contributed by atoms with Gasteiger partial charge in [0, 0.05) is 17.8 Å². The van der Waals surface area contributed by atoms with Crippen LogP contribution in [0, 0.1) is 6.92 Å². The predicted molar refractivity (Wildman–Crippen MR) is 95.8 cm³/mol. The summed E-state index contributed by atoms with van der Waals surface area (Å²) in [6, 6.07) is 2.24. The van der Waals surface area contributed by atoms with E-state index in [-0.39, 0.29) is 36.3 Å². The van der Waals surface area contributed by atoms with E-state index in [0.29, 0.717) is 11.3 Å². The number of hydrogen-bond acceptors (Lipinski definition) is 5. The van der Waals surface area contributed by atoms with Crippen molar-refractivity contribution < 1.29 is 9.32 Å². The van der Waals surface area contributed by atoms with E-state index in [1.54, 1.807) is 0 Å². The average Bonchev–Trinajstić information content (AvgIpc) is 2.92. The molecule has 1 amide bonds. The molecule has 24 heavy (non-hydrogen) atoms. The van der Waals surface area contributed by atoms with Crippen molar-refractivity contribution >= 4 is 29.4 Å². The first kappa shape index (κ1) is 18.7. The molecular formula is C17H25ClN4O2. The number of aryl methyl sites for hydroxylation is 1. The Hall–Kier alpha value is -1.66.